The Morgan fingerprint density at radius 3 is 2.53 bits per heavy atom. The van der Waals surface area contributed by atoms with Crippen LogP contribution < -0.4 is 0 Å². The topological polar surface area (TPSA) is 20.2 Å². The van der Waals surface area contributed by atoms with Gasteiger partial charge in [0, 0.05) is 0 Å². The summed E-state index contributed by atoms with van der Waals surface area (Å²) in [5.74, 6) is 0.573. The van der Waals surface area contributed by atoms with Gasteiger partial charge in [0.05, 0.1) is 6.10 Å². The summed E-state index contributed by atoms with van der Waals surface area (Å²) in [5, 5.41) is 10.2. The van der Waals surface area contributed by atoms with Crippen LogP contribution in [0.5, 0.6) is 0 Å². The third kappa shape index (κ3) is 2.57. The second-order valence-electron chi connectivity index (χ2n) is 5.62. The summed E-state index contributed by atoms with van der Waals surface area (Å²) in [6.45, 7) is 2.25. The molecule has 1 N–H and O–H groups in total. The fraction of sp³-hybridized carbons (Fsp3) is 0.333. The Hall–Kier alpha value is -1.60. The van der Waals surface area contributed by atoms with E-state index in [0.717, 1.165) is 24.8 Å². The average Bonchev–Trinajstić information content (AvgIpc) is 2.44. The van der Waals surface area contributed by atoms with Gasteiger partial charge < -0.3 is 5.11 Å². The molecule has 1 aliphatic carbocycles. The van der Waals surface area contributed by atoms with Crippen LogP contribution in [-0.2, 0) is 6.42 Å². The highest BCUT2D eigenvalue weighted by Crippen LogP contribution is 2.37. The Bertz CT molecular complexity index is 559. The predicted octanol–water partition coefficient (Wildman–Crippen LogP) is 4.21. The summed E-state index contributed by atoms with van der Waals surface area (Å²) < 4.78 is 0. The summed E-state index contributed by atoms with van der Waals surface area (Å²) in [4.78, 5) is 0. The van der Waals surface area contributed by atoms with Crippen LogP contribution in [0.4, 0.5) is 0 Å². The number of aliphatic hydroxyl groups is 1. The van der Waals surface area contributed by atoms with E-state index in [1.165, 1.54) is 16.7 Å². The lowest BCUT2D eigenvalue weighted by Crippen LogP contribution is -2.12. The van der Waals surface area contributed by atoms with Crippen molar-refractivity contribution in [3.05, 3.63) is 70.8 Å². The zero-order chi connectivity index (χ0) is 13.2. The molecule has 0 aromatic heterocycles. The minimum atomic E-state index is -0.276. The van der Waals surface area contributed by atoms with Crippen molar-refractivity contribution in [1.82, 2.24) is 0 Å². The molecule has 0 radical (unpaired) electrons. The van der Waals surface area contributed by atoms with Crippen LogP contribution in [0.3, 0.4) is 0 Å². The highest BCUT2D eigenvalue weighted by molar-refractivity contribution is 5.39. The first-order valence-electron chi connectivity index (χ1n) is 7.09. The molecule has 0 saturated carbocycles. The molecule has 1 aliphatic rings. The van der Waals surface area contributed by atoms with Crippen molar-refractivity contribution in [1.29, 1.82) is 0 Å². The first-order valence-corrected chi connectivity index (χ1v) is 7.09. The lowest BCUT2D eigenvalue weighted by molar-refractivity contribution is 0.151. The largest absolute Gasteiger partial charge is 0.388 e. The first-order chi connectivity index (χ1) is 9.24. The number of fused-ring (bicyclic) bond motifs is 1. The van der Waals surface area contributed by atoms with Crippen LogP contribution in [0, 0.1) is 0 Å². The fourth-order valence-corrected chi connectivity index (χ4v) is 3.02. The molecule has 1 unspecified atom stereocenters. The van der Waals surface area contributed by atoms with E-state index in [9.17, 15) is 5.11 Å². The van der Waals surface area contributed by atoms with Gasteiger partial charge in [-0.2, -0.15) is 0 Å². The van der Waals surface area contributed by atoms with E-state index < -0.39 is 0 Å². The molecular weight excluding hydrogens is 232 g/mol. The normalized spacial score (nSPS) is 22.0. The van der Waals surface area contributed by atoms with E-state index in [2.05, 4.69) is 49.4 Å². The molecule has 2 atom stereocenters. The van der Waals surface area contributed by atoms with Crippen molar-refractivity contribution in [3.63, 3.8) is 0 Å². The molecule has 0 fully saturated rings. The number of hydrogen-bond acceptors (Lipinski definition) is 1. The quantitative estimate of drug-likeness (QED) is 0.849. The Balaban J connectivity index is 1.91. The van der Waals surface area contributed by atoms with Crippen LogP contribution in [0.2, 0.25) is 0 Å². The van der Waals surface area contributed by atoms with Crippen LogP contribution >= 0.6 is 0 Å². The summed E-state index contributed by atoms with van der Waals surface area (Å²) in [7, 11) is 0. The van der Waals surface area contributed by atoms with Crippen molar-refractivity contribution in [2.24, 2.45) is 0 Å². The highest BCUT2D eigenvalue weighted by Gasteiger charge is 2.23. The van der Waals surface area contributed by atoms with E-state index in [1.54, 1.807) is 0 Å². The van der Waals surface area contributed by atoms with E-state index in [0.29, 0.717) is 5.92 Å². The third-order valence-electron chi connectivity index (χ3n) is 4.17. The molecule has 3 rings (SSSR count). The van der Waals surface area contributed by atoms with Gasteiger partial charge in [-0.1, -0.05) is 55.5 Å². The summed E-state index contributed by atoms with van der Waals surface area (Å²) in [6.07, 6.45) is 2.65. The summed E-state index contributed by atoms with van der Waals surface area (Å²) >= 11 is 0. The zero-order valence-corrected chi connectivity index (χ0v) is 11.3. The Labute approximate surface area is 114 Å². The monoisotopic (exact) mass is 252 g/mol. The van der Waals surface area contributed by atoms with Crippen molar-refractivity contribution in [2.45, 2.75) is 38.2 Å². The number of rotatable bonds is 2. The number of benzene rings is 2. The maximum atomic E-state index is 10.2. The molecule has 0 spiro atoms. The van der Waals surface area contributed by atoms with Gasteiger partial charge in [0.1, 0.15) is 0 Å². The molecule has 0 bridgehead atoms. The van der Waals surface area contributed by atoms with Gasteiger partial charge in [0.2, 0.25) is 0 Å². The lowest BCUT2D eigenvalue weighted by atomic mass is 9.81. The van der Waals surface area contributed by atoms with Gasteiger partial charge in [0.25, 0.3) is 0 Å². The van der Waals surface area contributed by atoms with Gasteiger partial charge >= 0.3 is 0 Å². The Morgan fingerprint density at radius 2 is 1.74 bits per heavy atom. The molecule has 2 aromatic rings. The van der Waals surface area contributed by atoms with Crippen LogP contribution in [-0.4, -0.2) is 5.11 Å². The number of aliphatic hydroxyl groups excluding tert-OH is 1. The van der Waals surface area contributed by atoms with Crippen LogP contribution in [0.15, 0.2) is 48.5 Å². The van der Waals surface area contributed by atoms with Gasteiger partial charge in [0.15, 0.2) is 0 Å². The van der Waals surface area contributed by atoms with Crippen molar-refractivity contribution in [2.75, 3.05) is 0 Å². The molecule has 0 aliphatic heterocycles. The van der Waals surface area contributed by atoms with E-state index in [1.807, 2.05) is 6.07 Å². The Morgan fingerprint density at radius 1 is 0.947 bits per heavy atom. The maximum absolute atomic E-state index is 10.2. The summed E-state index contributed by atoms with van der Waals surface area (Å²) in [5.41, 5.74) is 5.08. The van der Waals surface area contributed by atoms with Gasteiger partial charge in [-0.05, 0) is 47.4 Å². The summed E-state index contributed by atoms with van der Waals surface area (Å²) in [6, 6.07) is 17.1. The first kappa shape index (κ1) is 12.4. The van der Waals surface area contributed by atoms with Gasteiger partial charge in [-0.3, -0.25) is 0 Å². The third-order valence-corrected chi connectivity index (χ3v) is 4.17. The highest BCUT2D eigenvalue weighted by atomic mass is 16.3. The minimum Gasteiger partial charge on any atom is -0.388 e. The SMILES string of the molecule is CC1CC[C@@H](O)c2cc(Cc3ccccc3)ccc21. The Kier molecular flexibility index (Phi) is 3.39. The van der Waals surface area contributed by atoms with Crippen LogP contribution in [0.1, 0.15) is 54.0 Å². The fourth-order valence-electron chi connectivity index (χ4n) is 3.02. The molecule has 0 heterocycles. The molecule has 1 nitrogen and oxygen atoms in total. The average molecular weight is 252 g/mol. The zero-order valence-electron chi connectivity index (χ0n) is 11.3. The van der Waals surface area contributed by atoms with E-state index in [-0.39, 0.29) is 6.10 Å². The maximum Gasteiger partial charge on any atom is 0.0793 e. The van der Waals surface area contributed by atoms with Gasteiger partial charge in [-0.15, -0.1) is 0 Å². The number of hydrogen-bond donors (Lipinski definition) is 1. The van der Waals surface area contributed by atoms with Gasteiger partial charge in [-0.25, -0.2) is 0 Å². The van der Waals surface area contributed by atoms with Crippen molar-refractivity contribution >= 4 is 0 Å². The molecule has 0 saturated heterocycles. The van der Waals surface area contributed by atoms with Crippen LogP contribution in [0.25, 0.3) is 0 Å². The smallest absolute Gasteiger partial charge is 0.0793 e. The standard InChI is InChI=1S/C18H20O/c1-13-7-10-18(19)17-12-15(8-9-16(13)17)11-14-5-3-2-4-6-14/h2-6,8-9,12-13,18-19H,7,10-11H2,1H3/t13?,18-/m1/s1. The van der Waals surface area contributed by atoms with E-state index in [4.69, 9.17) is 0 Å². The molecule has 1 heteroatoms. The molecular formula is C18H20O. The second kappa shape index (κ2) is 5.18. The lowest BCUT2D eigenvalue weighted by Gasteiger charge is -2.27. The van der Waals surface area contributed by atoms with Crippen molar-refractivity contribution < 1.29 is 5.11 Å². The molecule has 98 valence electrons. The molecule has 0 amide bonds. The predicted molar refractivity (Wildman–Crippen MR) is 78.3 cm³/mol. The van der Waals surface area contributed by atoms with E-state index >= 15 is 0 Å². The second-order valence-corrected chi connectivity index (χ2v) is 5.62. The molecule has 19 heavy (non-hydrogen) atoms. The van der Waals surface area contributed by atoms with Crippen molar-refractivity contribution in [3.8, 4) is 0 Å². The molecule has 2 aromatic carbocycles. The minimum absolute atomic E-state index is 0.276.